The Morgan fingerprint density at radius 1 is 0.974 bits per heavy atom. The van der Waals surface area contributed by atoms with Crippen molar-refractivity contribution in [3.05, 3.63) is 121 Å². The molecule has 0 aliphatic rings. The second-order valence-electron chi connectivity index (χ2n) is 10.4. The molecular formula is C33H36N6. The van der Waals surface area contributed by atoms with E-state index < -0.39 is 0 Å². The van der Waals surface area contributed by atoms with Gasteiger partial charge in [0.25, 0.3) is 0 Å². The number of anilines is 1. The van der Waals surface area contributed by atoms with Crippen LogP contribution < -0.4 is 10.6 Å². The van der Waals surface area contributed by atoms with Crippen molar-refractivity contribution in [1.29, 1.82) is 0 Å². The van der Waals surface area contributed by atoms with Crippen LogP contribution in [0.2, 0.25) is 0 Å². The summed E-state index contributed by atoms with van der Waals surface area (Å²) in [7, 11) is 1.90. The van der Waals surface area contributed by atoms with Crippen LogP contribution >= 0.6 is 0 Å². The van der Waals surface area contributed by atoms with Crippen LogP contribution in [-0.4, -0.2) is 27.0 Å². The smallest absolute Gasteiger partial charge is 0.0797 e. The highest BCUT2D eigenvalue weighted by atomic mass is 14.9. The summed E-state index contributed by atoms with van der Waals surface area (Å²) in [6.07, 6.45) is 13.0. The standard InChI is InChI=1S/C33H36N6/c1-9-29(34-8)27(16-21(2)25-17-26(20-36-19-25)38-23(4)33(5,6)7)22(3)31-18-28-30(39-31)12-15-37-32(28)24-10-13-35-14-11-24/h9-20,34,38-39H,2-4H2,1,5-8H3/b27-16-,29-9+. The third-order valence-electron chi connectivity index (χ3n) is 6.63. The van der Waals surface area contributed by atoms with E-state index in [-0.39, 0.29) is 5.41 Å². The molecule has 0 fully saturated rings. The molecule has 4 aromatic rings. The number of rotatable bonds is 9. The number of hydrogen-bond donors (Lipinski definition) is 3. The number of hydrogen-bond acceptors (Lipinski definition) is 5. The molecule has 0 aromatic carbocycles. The molecular weight excluding hydrogens is 480 g/mol. The molecule has 0 amide bonds. The molecule has 4 heterocycles. The van der Waals surface area contributed by atoms with Gasteiger partial charge in [0, 0.05) is 87.5 Å². The molecule has 0 aliphatic carbocycles. The van der Waals surface area contributed by atoms with Crippen LogP contribution in [0.1, 0.15) is 39.0 Å². The molecule has 0 aliphatic heterocycles. The van der Waals surface area contributed by atoms with Crippen LogP contribution in [0.4, 0.5) is 5.69 Å². The van der Waals surface area contributed by atoms with E-state index >= 15 is 0 Å². The van der Waals surface area contributed by atoms with Gasteiger partial charge in [0.2, 0.25) is 0 Å². The van der Waals surface area contributed by atoms with Crippen LogP contribution in [0.5, 0.6) is 0 Å². The van der Waals surface area contributed by atoms with E-state index in [0.29, 0.717) is 0 Å². The van der Waals surface area contributed by atoms with Crippen molar-refractivity contribution < 1.29 is 0 Å². The van der Waals surface area contributed by atoms with Crippen molar-refractivity contribution in [1.82, 2.24) is 25.3 Å². The molecule has 4 aromatic heterocycles. The second kappa shape index (κ2) is 11.4. The fraction of sp³-hybridized carbons (Fsp3) is 0.182. The summed E-state index contributed by atoms with van der Waals surface area (Å²) in [5, 5.41) is 7.71. The van der Waals surface area contributed by atoms with E-state index in [1.54, 1.807) is 18.6 Å². The highest BCUT2D eigenvalue weighted by Crippen LogP contribution is 2.34. The van der Waals surface area contributed by atoms with Gasteiger partial charge in [0.15, 0.2) is 0 Å². The molecule has 0 atom stereocenters. The predicted molar refractivity (Wildman–Crippen MR) is 165 cm³/mol. The zero-order chi connectivity index (χ0) is 28.2. The maximum atomic E-state index is 4.64. The Morgan fingerprint density at radius 2 is 1.72 bits per heavy atom. The van der Waals surface area contributed by atoms with Crippen molar-refractivity contribution in [3.8, 4) is 11.3 Å². The molecule has 0 saturated heterocycles. The minimum atomic E-state index is -0.0716. The molecule has 6 nitrogen and oxygen atoms in total. The second-order valence-corrected chi connectivity index (χ2v) is 10.4. The molecule has 6 heteroatoms. The first-order chi connectivity index (χ1) is 18.6. The number of aromatic nitrogens is 4. The normalized spacial score (nSPS) is 12.3. The van der Waals surface area contributed by atoms with Gasteiger partial charge in [-0.15, -0.1) is 0 Å². The lowest BCUT2D eigenvalue weighted by atomic mass is 9.92. The van der Waals surface area contributed by atoms with Crippen LogP contribution in [0, 0.1) is 5.41 Å². The number of nitrogens with zero attached hydrogens (tertiary/aromatic N) is 3. The van der Waals surface area contributed by atoms with Crippen LogP contribution in [0.3, 0.4) is 0 Å². The van der Waals surface area contributed by atoms with Gasteiger partial charge in [-0.3, -0.25) is 15.0 Å². The van der Waals surface area contributed by atoms with Crippen LogP contribution in [0.25, 0.3) is 33.3 Å². The average Bonchev–Trinajstić information content (AvgIpc) is 3.37. The fourth-order valence-corrected chi connectivity index (χ4v) is 4.17. The van der Waals surface area contributed by atoms with Crippen molar-refractivity contribution in [2.24, 2.45) is 5.41 Å². The molecule has 0 bridgehead atoms. The lowest BCUT2D eigenvalue weighted by Crippen LogP contribution is -2.15. The van der Waals surface area contributed by atoms with E-state index in [2.05, 4.69) is 77.1 Å². The van der Waals surface area contributed by atoms with Gasteiger partial charge in [0.1, 0.15) is 0 Å². The largest absolute Gasteiger partial charge is 0.388 e. The predicted octanol–water partition coefficient (Wildman–Crippen LogP) is 7.77. The monoisotopic (exact) mass is 516 g/mol. The third-order valence-corrected chi connectivity index (χ3v) is 6.63. The summed E-state index contributed by atoms with van der Waals surface area (Å²) >= 11 is 0. The number of allylic oxidation sites excluding steroid dienone is 5. The Morgan fingerprint density at radius 3 is 2.38 bits per heavy atom. The Bertz CT molecular complexity index is 1600. The Labute approximate surface area is 231 Å². The Balaban J connectivity index is 1.71. The Kier molecular flexibility index (Phi) is 7.96. The molecule has 3 N–H and O–H groups in total. The van der Waals surface area contributed by atoms with Gasteiger partial charge < -0.3 is 15.6 Å². The van der Waals surface area contributed by atoms with Gasteiger partial charge in [-0.1, -0.05) is 46.6 Å². The van der Waals surface area contributed by atoms with E-state index in [1.165, 1.54) is 0 Å². The molecule has 0 spiro atoms. The topological polar surface area (TPSA) is 78.5 Å². The zero-order valence-corrected chi connectivity index (χ0v) is 23.4. The number of likely N-dealkylation sites (N-methyl/N-ethyl adjacent to an activating group) is 1. The summed E-state index contributed by atoms with van der Waals surface area (Å²) in [6, 6.07) is 10.0. The van der Waals surface area contributed by atoms with Crippen molar-refractivity contribution in [2.75, 3.05) is 12.4 Å². The van der Waals surface area contributed by atoms with Crippen molar-refractivity contribution in [2.45, 2.75) is 27.7 Å². The van der Waals surface area contributed by atoms with E-state index in [4.69, 9.17) is 0 Å². The van der Waals surface area contributed by atoms with Crippen LogP contribution in [-0.2, 0) is 0 Å². The van der Waals surface area contributed by atoms with Gasteiger partial charge >= 0.3 is 0 Å². The molecule has 0 radical (unpaired) electrons. The third kappa shape index (κ3) is 6.07. The molecule has 0 unspecified atom stereocenters. The number of aromatic amines is 1. The fourth-order valence-electron chi connectivity index (χ4n) is 4.17. The molecule has 0 saturated carbocycles. The van der Waals surface area contributed by atoms with Crippen molar-refractivity contribution >= 4 is 27.7 Å². The van der Waals surface area contributed by atoms with E-state index in [1.807, 2.05) is 62.8 Å². The van der Waals surface area contributed by atoms with Gasteiger partial charge in [-0.2, -0.15) is 0 Å². The first kappa shape index (κ1) is 27.3. The highest BCUT2D eigenvalue weighted by Gasteiger charge is 2.17. The number of nitrogens with one attached hydrogen (secondary N) is 3. The molecule has 198 valence electrons. The zero-order valence-electron chi connectivity index (χ0n) is 23.4. The summed E-state index contributed by atoms with van der Waals surface area (Å²) in [5.41, 5.74) is 9.92. The maximum absolute atomic E-state index is 4.64. The summed E-state index contributed by atoms with van der Waals surface area (Å²) < 4.78 is 0. The lowest BCUT2D eigenvalue weighted by molar-refractivity contribution is 0.509. The summed E-state index contributed by atoms with van der Waals surface area (Å²) in [5.74, 6) is 0. The van der Waals surface area contributed by atoms with E-state index in [9.17, 15) is 0 Å². The number of H-pyrrole nitrogens is 1. The van der Waals surface area contributed by atoms with Gasteiger partial charge in [0.05, 0.1) is 17.6 Å². The quantitative estimate of drug-likeness (QED) is 0.198. The first-order valence-electron chi connectivity index (χ1n) is 12.9. The first-order valence-corrected chi connectivity index (χ1v) is 12.9. The minimum Gasteiger partial charge on any atom is -0.388 e. The average molecular weight is 517 g/mol. The van der Waals surface area contributed by atoms with E-state index in [0.717, 1.165) is 67.2 Å². The summed E-state index contributed by atoms with van der Waals surface area (Å²) in [4.78, 5) is 16.8. The number of fused-ring (bicyclic) bond motifs is 1. The van der Waals surface area contributed by atoms with Gasteiger partial charge in [-0.25, -0.2) is 0 Å². The SMILES string of the molecule is C=C(/C=C(C(=C)c1cc2c(-c3ccncc3)nccc2[nH]1)\C(=C/C)NC)c1cncc(NC(=C)C(C)(C)C)c1. The molecule has 4 rings (SSSR count). The highest BCUT2D eigenvalue weighted by molar-refractivity contribution is 5.97. The molecule has 39 heavy (non-hydrogen) atoms. The van der Waals surface area contributed by atoms with Crippen LogP contribution in [0.15, 0.2) is 110 Å². The maximum Gasteiger partial charge on any atom is 0.0797 e. The number of pyridine rings is 3. The lowest BCUT2D eigenvalue weighted by Gasteiger charge is -2.23. The minimum absolute atomic E-state index is 0.0716. The van der Waals surface area contributed by atoms with Crippen molar-refractivity contribution in [3.63, 3.8) is 0 Å². The van der Waals surface area contributed by atoms with Gasteiger partial charge in [-0.05, 0) is 48.9 Å². The summed E-state index contributed by atoms with van der Waals surface area (Å²) in [6.45, 7) is 21.4. The Hall–Kier alpha value is -4.71.